The van der Waals surface area contributed by atoms with Gasteiger partial charge in [0.05, 0.1) is 15.7 Å². The zero-order valence-electron chi connectivity index (χ0n) is 14.6. The summed E-state index contributed by atoms with van der Waals surface area (Å²) >= 11 is 7.55. The fourth-order valence-corrected chi connectivity index (χ4v) is 5.91. The van der Waals surface area contributed by atoms with E-state index in [-0.39, 0.29) is 10.8 Å². The van der Waals surface area contributed by atoms with Crippen molar-refractivity contribution in [2.45, 2.75) is 30.6 Å². The summed E-state index contributed by atoms with van der Waals surface area (Å²) in [6, 6.07) is 8.77. The van der Waals surface area contributed by atoms with Crippen molar-refractivity contribution < 1.29 is 12.8 Å². The molecule has 6 nitrogen and oxygen atoms in total. The van der Waals surface area contributed by atoms with Crippen molar-refractivity contribution >= 4 is 33.0 Å². The van der Waals surface area contributed by atoms with Crippen LogP contribution in [-0.2, 0) is 10.0 Å². The van der Waals surface area contributed by atoms with E-state index in [0.717, 1.165) is 17.7 Å². The fraction of sp³-hybridized carbons (Fsp3) is 0.333. The van der Waals surface area contributed by atoms with Crippen LogP contribution >= 0.6 is 22.9 Å². The van der Waals surface area contributed by atoms with Gasteiger partial charge < -0.3 is 4.42 Å². The van der Waals surface area contributed by atoms with Gasteiger partial charge in [0.15, 0.2) is 0 Å². The second-order valence-electron chi connectivity index (χ2n) is 6.53. The molecular weight excluding hydrogens is 406 g/mol. The lowest BCUT2D eigenvalue weighted by Crippen LogP contribution is -2.39. The first kappa shape index (κ1) is 18.6. The predicted octanol–water partition coefficient (Wildman–Crippen LogP) is 4.33. The molecule has 9 heteroatoms. The number of thiophene rings is 1. The molecule has 0 N–H and O–H groups in total. The van der Waals surface area contributed by atoms with E-state index in [9.17, 15) is 8.42 Å². The number of halogens is 1. The molecule has 1 aromatic carbocycles. The summed E-state index contributed by atoms with van der Waals surface area (Å²) in [4.78, 5) is 1.16. The molecule has 1 fully saturated rings. The third-order valence-corrected chi connectivity index (χ3v) is 7.77. The SMILES string of the molecule is Cc1ccc(Cl)cc1S(=O)(=O)N1CCCC(c2nnc(-c3cccs3)o2)C1. The molecule has 1 saturated heterocycles. The van der Waals surface area contributed by atoms with Crippen molar-refractivity contribution in [1.29, 1.82) is 0 Å². The van der Waals surface area contributed by atoms with Crippen LogP contribution in [0.25, 0.3) is 10.8 Å². The Labute approximate surface area is 166 Å². The van der Waals surface area contributed by atoms with Crippen molar-refractivity contribution in [2.75, 3.05) is 13.1 Å². The number of rotatable bonds is 4. The van der Waals surface area contributed by atoms with Crippen LogP contribution in [0, 0.1) is 6.92 Å². The molecule has 0 bridgehead atoms. The Hall–Kier alpha value is -1.74. The molecule has 2 aromatic heterocycles. The lowest BCUT2D eigenvalue weighted by molar-refractivity contribution is 0.286. The Morgan fingerprint density at radius 3 is 2.93 bits per heavy atom. The number of sulfonamides is 1. The molecule has 0 radical (unpaired) electrons. The first-order valence-electron chi connectivity index (χ1n) is 8.59. The minimum absolute atomic E-state index is 0.116. The maximum absolute atomic E-state index is 13.1. The molecule has 3 aromatic rings. The third kappa shape index (κ3) is 3.67. The molecule has 1 aliphatic heterocycles. The molecule has 27 heavy (non-hydrogen) atoms. The first-order chi connectivity index (χ1) is 12.9. The van der Waals surface area contributed by atoms with Crippen LogP contribution in [-0.4, -0.2) is 36.0 Å². The van der Waals surface area contributed by atoms with E-state index >= 15 is 0 Å². The number of aryl methyl sites for hydroxylation is 1. The van der Waals surface area contributed by atoms with Gasteiger partial charge in [0.25, 0.3) is 5.89 Å². The van der Waals surface area contributed by atoms with Crippen molar-refractivity contribution in [2.24, 2.45) is 0 Å². The second kappa shape index (κ2) is 7.35. The highest BCUT2D eigenvalue weighted by molar-refractivity contribution is 7.89. The Balaban J connectivity index is 1.59. The van der Waals surface area contributed by atoms with Crippen molar-refractivity contribution in [3.63, 3.8) is 0 Å². The van der Waals surface area contributed by atoms with Gasteiger partial charge in [-0.15, -0.1) is 21.5 Å². The summed E-state index contributed by atoms with van der Waals surface area (Å²) in [5.74, 6) is 0.848. The van der Waals surface area contributed by atoms with Crippen LogP contribution in [0.4, 0.5) is 0 Å². The van der Waals surface area contributed by atoms with Crippen molar-refractivity contribution in [3.8, 4) is 10.8 Å². The molecule has 3 heterocycles. The number of hydrogen-bond acceptors (Lipinski definition) is 6. The molecular formula is C18H18ClN3O3S2. The first-order valence-corrected chi connectivity index (χ1v) is 11.3. The largest absolute Gasteiger partial charge is 0.420 e. The summed E-state index contributed by atoms with van der Waals surface area (Å²) in [6.45, 7) is 2.56. The number of nitrogens with zero attached hydrogens (tertiary/aromatic N) is 3. The van der Waals surface area contributed by atoms with Gasteiger partial charge in [-0.2, -0.15) is 4.31 Å². The van der Waals surface area contributed by atoms with Gasteiger partial charge in [-0.25, -0.2) is 8.42 Å². The van der Waals surface area contributed by atoms with Crippen molar-refractivity contribution in [1.82, 2.24) is 14.5 Å². The maximum Gasteiger partial charge on any atom is 0.257 e. The van der Waals surface area contributed by atoms with Crippen LogP contribution in [0.5, 0.6) is 0 Å². The Kier molecular flexibility index (Phi) is 5.07. The predicted molar refractivity (Wildman–Crippen MR) is 105 cm³/mol. The van der Waals surface area contributed by atoms with Crippen LogP contribution in [0.3, 0.4) is 0 Å². The minimum atomic E-state index is -3.63. The molecule has 142 valence electrons. The number of piperidine rings is 1. The molecule has 0 saturated carbocycles. The highest BCUT2D eigenvalue weighted by Gasteiger charge is 2.34. The molecule has 0 amide bonds. The Bertz CT molecular complexity index is 1050. The molecule has 0 aliphatic carbocycles. The van der Waals surface area contributed by atoms with Crippen LogP contribution in [0.1, 0.15) is 30.2 Å². The summed E-state index contributed by atoms with van der Waals surface area (Å²) in [7, 11) is -3.63. The molecule has 0 spiro atoms. The van der Waals surface area contributed by atoms with Gasteiger partial charge in [-0.05, 0) is 48.9 Å². The number of aromatic nitrogens is 2. The van der Waals surface area contributed by atoms with E-state index in [1.165, 1.54) is 21.7 Å². The van der Waals surface area contributed by atoms with Crippen LogP contribution in [0.2, 0.25) is 5.02 Å². The zero-order valence-corrected chi connectivity index (χ0v) is 17.0. The Morgan fingerprint density at radius 1 is 1.30 bits per heavy atom. The fourth-order valence-electron chi connectivity index (χ4n) is 3.25. The highest BCUT2D eigenvalue weighted by atomic mass is 35.5. The van der Waals surface area contributed by atoms with E-state index in [4.69, 9.17) is 16.0 Å². The quantitative estimate of drug-likeness (QED) is 0.624. The van der Waals surface area contributed by atoms with Gasteiger partial charge >= 0.3 is 0 Å². The standard InChI is InChI=1S/C18H18ClN3O3S2/c1-12-6-7-14(19)10-16(12)27(23,24)22-8-2-4-13(11-22)17-20-21-18(25-17)15-5-3-9-26-15/h3,5-7,9-10,13H,2,4,8,11H2,1H3. The normalized spacial score (nSPS) is 18.7. The van der Waals surface area contributed by atoms with E-state index in [2.05, 4.69) is 10.2 Å². The summed E-state index contributed by atoms with van der Waals surface area (Å²) in [6.07, 6.45) is 1.55. The van der Waals surface area contributed by atoms with Crippen LogP contribution < -0.4 is 0 Å². The van der Waals surface area contributed by atoms with Gasteiger partial charge in [-0.3, -0.25) is 0 Å². The molecule has 1 aliphatic rings. The lowest BCUT2D eigenvalue weighted by atomic mass is 10.00. The third-order valence-electron chi connectivity index (χ3n) is 4.67. The monoisotopic (exact) mass is 423 g/mol. The average molecular weight is 424 g/mol. The topological polar surface area (TPSA) is 76.3 Å². The molecule has 1 unspecified atom stereocenters. The van der Waals surface area contributed by atoms with E-state index in [0.29, 0.717) is 35.5 Å². The number of benzene rings is 1. The van der Waals surface area contributed by atoms with Crippen molar-refractivity contribution in [3.05, 3.63) is 52.2 Å². The maximum atomic E-state index is 13.1. The second-order valence-corrected chi connectivity index (χ2v) is 9.83. The van der Waals surface area contributed by atoms with Gasteiger partial charge in [0.2, 0.25) is 15.9 Å². The lowest BCUT2D eigenvalue weighted by Gasteiger charge is -2.30. The van der Waals surface area contributed by atoms with Gasteiger partial charge in [0.1, 0.15) is 0 Å². The molecule has 4 rings (SSSR count). The summed E-state index contributed by atoms with van der Waals surface area (Å²) in [5, 5.41) is 10.6. The highest BCUT2D eigenvalue weighted by Crippen LogP contribution is 2.33. The molecule has 1 atom stereocenters. The number of hydrogen-bond donors (Lipinski definition) is 0. The zero-order chi connectivity index (χ0) is 19.0. The summed E-state index contributed by atoms with van der Waals surface area (Å²) < 4.78 is 33.6. The average Bonchev–Trinajstić information content (AvgIpc) is 3.35. The van der Waals surface area contributed by atoms with Gasteiger partial charge in [-0.1, -0.05) is 23.7 Å². The van der Waals surface area contributed by atoms with E-state index < -0.39 is 10.0 Å². The van der Waals surface area contributed by atoms with Crippen LogP contribution in [0.15, 0.2) is 45.0 Å². The minimum Gasteiger partial charge on any atom is -0.420 e. The van der Waals surface area contributed by atoms with E-state index in [1.54, 1.807) is 19.1 Å². The Morgan fingerprint density at radius 2 is 2.15 bits per heavy atom. The van der Waals surface area contributed by atoms with Gasteiger partial charge in [0, 0.05) is 18.1 Å². The summed E-state index contributed by atoms with van der Waals surface area (Å²) in [5.41, 5.74) is 0.680. The smallest absolute Gasteiger partial charge is 0.257 e. The van der Waals surface area contributed by atoms with E-state index in [1.807, 2.05) is 17.5 Å².